The van der Waals surface area contributed by atoms with Crippen molar-refractivity contribution < 1.29 is 9.59 Å². The number of likely N-dealkylation sites (tertiary alicyclic amines) is 2. The van der Waals surface area contributed by atoms with Crippen LogP contribution in [0.25, 0.3) is 9.88 Å². The van der Waals surface area contributed by atoms with Crippen molar-refractivity contribution >= 4 is 34.5 Å². The molecule has 0 aromatic carbocycles. The quantitative estimate of drug-likeness (QED) is 0.779. The van der Waals surface area contributed by atoms with Crippen molar-refractivity contribution in [2.24, 2.45) is 11.8 Å². The second kappa shape index (κ2) is 8.10. The van der Waals surface area contributed by atoms with Crippen LogP contribution in [0.5, 0.6) is 0 Å². The predicted molar refractivity (Wildman–Crippen MR) is 109 cm³/mol. The summed E-state index contributed by atoms with van der Waals surface area (Å²) in [6, 6.07) is 4.02. The first kappa shape index (κ1) is 18.6. The zero-order valence-electron chi connectivity index (χ0n) is 15.6. The first-order chi connectivity index (χ1) is 13.1. The first-order valence-corrected chi connectivity index (χ1v) is 11.4. The van der Waals surface area contributed by atoms with E-state index in [1.54, 1.807) is 17.5 Å². The Hall–Kier alpha value is -1.73. The summed E-state index contributed by atoms with van der Waals surface area (Å²) in [4.78, 5) is 35.7. The summed E-state index contributed by atoms with van der Waals surface area (Å²) in [6.07, 6.45) is 5.56. The molecule has 1 atom stereocenters. The van der Waals surface area contributed by atoms with Crippen LogP contribution in [-0.4, -0.2) is 52.8 Å². The van der Waals surface area contributed by atoms with Gasteiger partial charge in [-0.15, -0.1) is 22.7 Å². The van der Waals surface area contributed by atoms with Crippen LogP contribution >= 0.6 is 22.7 Å². The molecule has 0 N–H and O–H groups in total. The normalized spacial score (nSPS) is 21.4. The lowest BCUT2D eigenvalue weighted by Gasteiger charge is -2.37. The van der Waals surface area contributed by atoms with E-state index in [1.807, 2.05) is 27.3 Å². The standard InChI is InChI=1S/C20H25N3O2S2/c1-14-4-2-8-23(13-14)19(24)15-6-9-22(10-7-15)20(25)17-12-21-18(27-17)16-5-3-11-26-16/h3,5,11-12,14-15H,2,4,6-10,13H2,1H3. The summed E-state index contributed by atoms with van der Waals surface area (Å²) in [5, 5.41) is 2.92. The van der Waals surface area contributed by atoms with Crippen LogP contribution in [0.1, 0.15) is 42.3 Å². The Morgan fingerprint density at radius 2 is 1.96 bits per heavy atom. The third kappa shape index (κ3) is 4.09. The molecule has 0 radical (unpaired) electrons. The number of thiophene rings is 1. The molecule has 2 saturated heterocycles. The molecule has 7 heteroatoms. The van der Waals surface area contributed by atoms with Gasteiger partial charge in [0, 0.05) is 32.1 Å². The van der Waals surface area contributed by atoms with Gasteiger partial charge in [0.2, 0.25) is 5.91 Å². The molecule has 5 nitrogen and oxygen atoms in total. The summed E-state index contributed by atoms with van der Waals surface area (Å²) in [7, 11) is 0. The topological polar surface area (TPSA) is 53.5 Å². The molecule has 2 aliphatic heterocycles. The van der Waals surface area contributed by atoms with Gasteiger partial charge in [0.1, 0.15) is 9.88 Å². The van der Waals surface area contributed by atoms with Crippen molar-refractivity contribution in [2.75, 3.05) is 26.2 Å². The fourth-order valence-electron chi connectivity index (χ4n) is 4.02. The number of nitrogens with zero attached hydrogens (tertiary/aromatic N) is 3. The molecule has 144 valence electrons. The molecule has 2 amide bonds. The fraction of sp³-hybridized carbons (Fsp3) is 0.550. The maximum Gasteiger partial charge on any atom is 0.265 e. The van der Waals surface area contributed by atoms with Crippen LogP contribution in [0, 0.1) is 11.8 Å². The molecule has 4 rings (SSSR count). The van der Waals surface area contributed by atoms with Gasteiger partial charge in [-0.05, 0) is 43.0 Å². The van der Waals surface area contributed by atoms with E-state index in [9.17, 15) is 9.59 Å². The van der Waals surface area contributed by atoms with E-state index in [1.165, 1.54) is 17.8 Å². The highest BCUT2D eigenvalue weighted by Gasteiger charge is 2.32. The van der Waals surface area contributed by atoms with E-state index in [0.29, 0.717) is 29.8 Å². The smallest absolute Gasteiger partial charge is 0.265 e. The van der Waals surface area contributed by atoms with Crippen LogP contribution < -0.4 is 0 Å². The average Bonchev–Trinajstić information content (AvgIpc) is 3.38. The van der Waals surface area contributed by atoms with Crippen LogP contribution in [-0.2, 0) is 4.79 Å². The Morgan fingerprint density at radius 1 is 1.15 bits per heavy atom. The Morgan fingerprint density at radius 3 is 2.67 bits per heavy atom. The minimum atomic E-state index is 0.0489. The van der Waals surface area contributed by atoms with Gasteiger partial charge in [0.15, 0.2) is 0 Å². The molecular weight excluding hydrogens is 378 g/mol. The lowest BCUT2D eigenvalue weighted by Crippen LogP contribution is -2.46. The van der Waals surface area contributed by atoms with Crippen LogP contribution in [0.15, 0.2) is 23.7 Å². The largest absolute Gasteiger partial charge is 0.342 e. The third-order valence-electron chi connectivity index (χ3n) is 5.55. The highest BCUT2D eigenvalue weighted by Crippen LogP contribution is 2.30. The highest BCUT2D eigenvalue weighted by atomic mass is 32.1. The number of piperidine rings is 2. The summed E-state index contributed by atoms with van der Waals surface area (Å²) in [5.74, 6) is 1.02. The van der Waals surface area contributed by atoms with Crippen LogP contribution in [0.2, 0.25) is 0 Å². The van der Waals surface area contributed by atoms with E-state index in [-0.39, 0.29) is 11.8 Å². The van der Waals surface area contributed by atoms with Gasteiger partial charge in [0.25, 0.3) is 5.91 Å². The fourth-order valence-corrected chi connectivity index (χ4v) is 5.71. The molecule has 2 fully saturated rings. The van der Waals surface area contributed by atoms with Gasteiger partial charge < -0.3 is 9.80 Å². The van der Waals surface area contributed by atoms with Gasteiger partial charge in [-0.25, -0.2) is 4.98 Å². The second-order valence-corrected chi connectivity index (χ2v) is 9.58. The molecule has 4 heterocycles. The second-order valence-electron chi connectivity index (χ2n) is 7.61. The Labute approximate surface area is 168 Å². The molecular formula is C20H25N3O2S2. The maximum atomic E-state index is 12.8. The lowest BCUT2D eigenvalue weighted by atomic mass is 9.92. The molecule has 0 aliphatic carbocycles. The number of aromatic nitrogens is 1. The molecule has 1 unspecified atom stereocenters. The summed E-state index contributed by atoms with van der Waals surface area (Å²) < 4.78 is 0. The zero-order chi connectivity index (χ0) is 18.8. The molecule has 2 aromatic heterocycles. The van der Waals surface area contributed by atoms with Crippen molar-refractivity contribution in [2.45, 2.75) is 32.6 Å². The van der Waals surface area contributed by atoms with Gasteiger partial charge in [0.05, 0.1) is 11.1 Å². The molecule has 0 saturated carbocycles. The number of rotatable bonds is 3. The van der Waals surface area contributed by atoms with Gasteiger partial charge in [-0.3, -0.25) is 9.59 Å². The Bertz CT molecular complexity index is 794. The minimum absolute atomic E-state index is 0.0489. The highest BCUT2D eigenvalue weighted by molar-refractivity contribution is 7.21. The molecule has 2 aromatic rings. The van der Waals surface area contributed by atoms with Crippen molar-refractivity contribution in [1.82, 2.24) is 14.8 Å². The first-order valence-electron chi connectivity index (χ1n) is 9.69. The molecule has 27 heavy (non-hydrogen) atoms. The maximum absolute atomic E-state index is 12.8. The number of carbonyl (C=O) groups is 2. The van der Waals surface area contributed by atoms with Crippen molar-refractivity contribution in [3.63, 3.8) is 0 Å². The molecule has 0 bridgehead atoms. The Balaban J connectivity index is 1.33. The molecule has 2 aliphatic rings. The van der Waals surface area contributed by atoms with E-state index < -0.39 is 0 Å². The Kier molecular flexibility index (Phi) is 5.59. The summed E-state index contributed by atoms with van der Waals surface area (Å²) in [6.45, 7) is 5.33. The average molecular weight is 404 g/mol. The number of hydrogen-bond acceptors (Lipinski definition) is 5. The zero-order valence-corrected chi connectivity index (χ0v) is 17.2. The van der Waals surface area contributed by atoms with E-state index in [0.717, 1.165) is 42.2 Å². The van der Waals surface area contributed by atoms with E-state index in [2.05, 4.69) is 11.9 Å². The molecule has 0 spiro atoms. The number of carbonyl (C=O) groups excluding carboxylic acids is 2. The van der Waals surface area contributed by atoms with Crippen molar-refractivity contribution in [3.05, 3.63) is 28.6 Å². The number of hydrogen-bond donors (Lipinski definition) is 0. The van der Waals surface area contributed by atoms with Gasteiger partial charge >= 0.3 is 0 Å². The van der Waals surface area contributed by atoms with E-state index >= 15 is 0 Å². The van der Waals surface area contributed by atoms with Crippen LogP contribution in [0.4, 0.5) is 0 Å². The van der Waals surface area contributed by atoms with Crippen molar-refractivity contribution in [3.8, 4) is 9.88 Å². The van der Waals surface area contributed by atoms with Crippen LogP contribution in [0.3, 0.4) is 0 Å². The van der Waals surface area contributed by atoms with Gasteiger partial charge in [-0.1, -0.05) is 13.0 Å². The predicted octanol–water partition coefficient (Wildman–Crippen LogP) is 3.98. The number of thiazole rings is 1. The monoisotopic (exact) mass is 403 g/mol. The summed E-state index contributed by atoms with van der Waals surface area (Å²) in [5.41, 5.74) is 0. The third-order valence-corrected chi connectivity index (χ3v) is 7.57. The lowest BCUT2D eigenvalue weighted by molar-refractivity contribution is -0.138. The van der Waals surface area contributed by atoms with Crippen molar-refractivity contribution in [1.29, 1.82) is 0 Å². The summed E-state index contributed by atoms with van der Waals surface area (Å²) >= 11 is 3.09. The SMILES string of the molecule is CC1CCCN(C(=O)C2CCN(C(=O)c3cnc(-c4cccs4)s3)CC2)C1. The van der Waals surface area contributed by atoms with Gasteiger partial charge in [-0.2, -0.15) is 0 Å². The number of amides is 2. The minimum Gasteiger partial charge on any atom is -0.342 e. The van der Waals surface area contributed by atoms with E-state index in [4.69, 9.17) is 0 Å².